The Kier molecular flexibility index (Phi) is 5.82. The molecule has 0 saturated heterocycles. The van der Waals surface area contributed by atoms with Crippen molar-refractivity contribution in [2.75, 3.05) is 41.1 Å². The molecule has 0 saturated carbocycles. The highest BCUT2D eigenvalue weighted by Crippen LogP contribution is 2.64. The third kappa shape index (κ3) is 3.94. The van der Waals surface area contributed by atoms with E-state index in [9.17, 15) is 0 Å². The second kappa shape index (κ2) is 8.06. The summed E-state index contributed by atoms with van der Waals surface area (Å²) in [4.78, 5) is 0. The summed E-state index contributed by atoms with van der Waals surface area (Å²) in [5.41, 5.74) is 3.64. The Morgan fingerprint density at radius 3 is 2.21 bits per heavy atom. The normalized spacial score (nSPS) is 13.8. The number of hydrogen-bond donors (Lipinski definition) is 2. The summed E-state index contributed by atoms with van der Waals surface area (Å²) in [5, 5.41) is 7.15. The van der Waals surface area contributed by atoms with Gasteiger partial charge in [0.2, 0.25) is 0 Å². The summed E-state index contributed by atoms with van der Waals surface area (Å²) in [6.45, 7) is 0.847. The fourth-order valence-electron chi connectivity index (χ4n) is 2.56. The maximum absolute atomic E-state index is 5.34. The molecule has 0 aliphatic carbocycles. The molecule has 0 atom stereocenters. The number of thiocarbonyl (C=S) groups is 1. The van der Waals surface area contributed by atoms with Crippen molar-refractivity contribution < 1.29 is 0 Å². The maximum atomic E-state index is 5.34. The number of nitrogens with one attached hydrogen (secondary N) is 2. The summed E-state index contributed by atoms with van der Waals surface area (Å²) in [6.07, 6.45) is 0. The van der Waals surface area contributed by atoms with Crippen LogP contribution in [0.2, 0.25) is 0 Å². The van der Waals surface area contributed by atoms with Gasteiger partial charge in [0, 0.05) is 32.1 Å². The smallest absolute Gasteiger partial charge is 0.170 e. The van der Waals surface area contributed by atoms with Gasteiger partial charge < -0.3 is 20.0 Å². The molecule has 0 spiro atoms. The summed E-state index contributed by atoms with van der Waals surface area (Å²) >= 11 is 7.31. The Hall–Kier alpha value is -1.49. The summed E-state index contributed by atoms with van der Waals surface area (Å²) < 4.78 is 4.77. The molecule has 4 nitrogen and oxygen atoms in total. The molecular formula is C17H21N4PS2. The van der Waals surface area contributed by atoms with Gasteiger partial charge in [0.1, 0.15) is 0 Å². The number of hydrogen-bond acceptors (Lipinski definition) is 4. The Bertz CT molecular complexity index is 669. The minimum atomic E-state index is -0.394. The molecule has 126 valence electrons. The van der Waals surface area contributed by atoms with E-state index in [4.69, 9.17) is 12.2 Å². The first-order valence-electron chi connectivity index (χ1n) is 7.76. The van der Waals surface area contributed by atoms with Crippen LogP contribution < -0.4 is 20.0 Å². The molecule has 0 aromatic heterocycles. The SMILES string of the molecule is CN1c2ccccc2N(C)P1SCCNC(=S)Nc1ccccc1. The number of anilines is 3. The van der Waals surface area contributed by atoms with Crippen LogP contribution in [-0.2, 0) is 0 Å². The van der Waals surface area contributed by atoms with Crippen molar-refractivity contribution in [3.8, 4) is 0 Å². The molecule has 0 fully saturated rings. The van der Waals surface area contributed by atoms with Crippen LogP contribution in [0, 0.1) is 0 Å². The second-order valence-electron chi connectivity index (χ2n) is 5.37. The van der Waals surface area contributed by atoms with Crippen LogP contribution >= 0.6 is 31.0 Å². The molecule has 3 rings (SSSR count). The second-order valence-corrected chi connectivity index (χ2v) is 9.90. The number of rotatable bonds is 5. The van der Waals surface area contributed by atoms with Crippen LogP contribution in [0.1, 0.15) is 0 Å². The van der Waals surface area contributed by atoms with E-state index in [1.807, 2.05) is 41.7 Å². The van der Waals surface area contributed by atoms with Gasteiger partial charge in [-0.2, -0.15) is 0 Å². The molecule has 1 aliphatic heterocycles. The molecule has 7 heteroatoms. The van der Waals surface area contributed by atoms with E-state index in [1.54, 1.807) is 0 Å². The highest BCUT2D eigenvalue weighted by atomic mass is 32.7. The van der Waals surface area contributed by atoms with Gasteiger partial charge in [0.05, 0.1) is 11.4 Å². The molecule has 2 aromatic rings. The van der Waals surface area contributed by atoms with Gasteiger partial charge in [0.15, 0.2) is 12.5 Å². The zero-order valence-electron chi connectivity index (χ0n) is 13.8. The summed E-state index contributed by atoms with van der Waals surface area (Å²) in [6, 6.07) is 18.6. The van der Waals surface area contributed by atoms with Gasteiger partial charge in [-0.05, 0) is 36.5 Å². The first kappa shape index (κ1) is 17.3. The molecule has 0 bridgehead atoms. The van der Waals surface area contributed by atoms with Gasteiger partial charge in [-0.15, -0.1) is 0 Å². The van der Waals surface area contributed by atoms with E-state index >= 15 is 0 Å². The van der Waals surface area contributed by atoms with Gasteiger partial charge in [-0.25, -0.2) is 0 Å². The lowest BCUT2D eigenvalue weighted by Crippen LogP contribution is -2.30. The van der Waals surface area contributed by atoms with Crippen LogP contribution in [0.25, 0.3) is 0 Å². The predicted molar refractivity (Wildman–Crippen MR) is 113 cm³/mol. The van der Waals surface area contributed by atoms with E-state index in [2.05, 4.69) is 58.3 Å². The molecule has 0 amide bonds. The van der Waals surface area contributed by atoms with E-state index < -0.39 is 7.42 Å². The average molecular weight is 376 g/mol. The summed E-state index contributed by atoms with van der Waals surface area (Å²) in [7, 11) is 3.96. The van der Waals surface area contributed by atoms with E-state index in [-0.39, 0.29) is 0 Å². The Morgan fingerprint density at radius 2 is 1.58 bits per heavy atom. The Morgan fingerprint density at radius 1 is 1.00 bits per heavy atom. The minimum Gasteiger partial charge on any atom is -0.362 e. The van der Waals surface area contributed by atoms with E-state index in [0.29, 0.717) is 5.11 Å². The van der Waals surface area contributed by atoms with E-state index in [0.717, 1.165) is 18.0 Å². The van der Waals surface area contributed by atoms with Gasteiger partial charge in [-0.3, -0.25) is 0 Å². The number of fused-ring (bicyclic) bond motifs is 1. The van der Waals surface area contributed by atoms with Crippen molar-refractivity contribution in [2.45, 2.75) is 0 Å². The van der Waals surface area contributed by atoms with Crippen LogP contribution in [0.4, 0.5) is 17.1 Å². The van der Waals surface area contributed by atoms with Gasteiger partial charge in [0.25, 0.3) is 0 Å². The Balaban J connectivity index is 1.43. The van der Waals surface area contributed by atoms with Gasteiger partial charge >= 0.3 is 0 Å². The zero-order valence-corrected chi connectivity index (χ0v) is 16.3. The highest BCUT2D eigenvalue weighted by molar-refractivity contribution is 8.56. The molecule has 2 aromatic carbocycles. The van der Waals surface area contributed by atoms with Crippen LogP contribution in [0.5, 0.6) is 0 Å². The fraction of sp³-hybridized carbons (Fsp3) is 0.235. The number of para-hydroxylation sites is 3. The van der Waals surface area contributed by atoms with Crippen molar-refractivity contribution >= 4 is 53.2 Å². The zero-order chi connectivity index (χ0) is 16.9. The quantitative estimate of drug-likeness (QED) is 0.453. The molecular weight excluding hydrogens is 355 g/mol. The van der Waals surface area contributed by atoms with Crippen LogP contribution in [-0.4, -0.2) is 31.5 Å². The lowest BCUT2D eigenvalue weighted by atomic mass is 10.3. The standard InChI is InChI=1S/C17H21N4PS2/c1-20-15-10-6-7-11-16(15)21(2)22(20)24-13-12-18-17(23)19-14-8-4-3-5-9-14/h3-11H,12-13H2,1-2H3,(H2,18,19,23). The van der Waals surface area contributed by atoms with Crippen molar-refractivity contribution in [2.24, 2.45) is 0 Å². The maximum Gasteiger partial charge on any atom is 0.170 e. The number of nitrogens with zero attached hydrogens (tertiary/aromatic N) is 2. The lowest BCUT2D eigenvalue weighted by Gasteiger charge is -2.26. The lowest BCUT2D eigenvalue weighted by molar-refractivity contribution is 0.993. The molecule has 0 radical (unpaired) electrons. The fourth-order valence-corrected chi connectivity index (χ4v) is 6.92. The van der Waals surface area contributed by atoms with Crippen molar-refractivity contribution in [1.82, 2.24) is 5.32 Å². The molecule has 2 N–H and O–H groups in total. The van der Waals surface area contributed by atoms with Crippen molar-refractivity contribution in [3.05, 3.63) is 54.6 Å². The average Bonchev–Trinajstić information content (AvgIpc) is 2.84. The van der Waals surface area contributed by atoms with Crippen molar-refractivity contribution in [1.29, 1.82) is 0 Å². The minimum absolute atomic E-state index is 0.394. The third-order valence-corrected chi connectivity index (χ3v) is 8.75. The first-order valence-corrected chi connectivity index (χ1v) is 11.0. The predicted octanol–water partition coefficient (Wildman–Crippen LogP) is 4.52. The van der Waals surface area contributed by atoms with E-state index in [1.165, 1.54) is 11.4 Å². The van der Waals surface area contributed by atoms with Gasteiger partial charge in [-0.1, -0.05) is 41.7 Å². The van der Waals surface area contributed by atoms with Crippen molar-refractivity contribution in [3.63, 3.8) is 0 Å². The van der Waals surface area contributed by atoms with Crippen LogP contribution in [0.15, 0.2) is 54.6 Å². The third-order valence-electron chi connectivity index (χ3n) is 3.72. The Labute approximate surface area is 154 Å². The first-order chi connectivity index (χ1) is 11.7. The summed E-state index contributed by atoms with van der Waals surface area (Å²) in [5.74, 6) is 1.00. The topological polar surface area (TPSA) is 30.5 Å². The molecule has 1 heterocycles. The molecule has 24 heavy (non-hydrogen) atoms. The number of benzene rings is 2. The molecule has 1 aliphatic rings. The molecule has 0 unspecified atom stereocenters. The monoisotopic (exact) mass is 376 g/mol. The van der Waals surface area contributed by atoms with Crippen LogP contribution in [0.3, 0.4) is 0 Å². The highest BCUT2D eigenvalue weighted by Gasteiger charge is 2.31. The largest absolute Gasteiger partial charge is 0.362 e.